The van der Waals surface area contributed by atoms with E-state index in [-0.39, 0.29) is 27.8 Å². The quantitative estimate of drug-likeness (QED) is 0.471. The summed E-state index contributed by atoms with van der Waals surface area (Å²) in [5.74, 6) is -3.51. The average molecular weight is 432 g/mol. The third-order valence-electron chi connectivity index (χ3n) is 5.00. The number of carbonyl (C=O) groups excluding carboxylic acids is 1. The summed E-state index contributed by atoms with van der Waals surface area (Å²) in [7, 11) is 0. The number of aromatic nitrogens is 3. The number of esters is 1. The summed E-state index contributed by atoms with van der Waals surface area (Å²) in [4.78, 5) is 19.9. The largest absolute Gasteiger partial charge is 0.458 e. The van der Waals surface area contributed by atoms with Gasteiger partial charge in [0.2, 0.25) is 5.85 Å². The average Bonchev–Trinajstić information content (AvgIpc) is 3.14. The molecule has 1 fully saturated rings. The van der Waals surface area contributed by atoms with E-state index < -0.39 is 49.3 Å². The van der Waals surface area contributed by atoms with Gasteiger partial charge in [0, 0.05) is 12.6 Å². The summed E-state index contributed by atoms with van der Waals surface area (Å²) in [6.07, 6.45) is 0.380. The number of anilines is 1. The lowest BCUT2D eigenvalue weighted by atomic mass is 10.0. The molecule has 0 amide bonds. The topological polar surface area (TPSA) is 159 Å². The number of carbonyl (C=O) groups is 1. The molecule has 1 saturated heterocycles. The zero-order valence-corrected chi connectivity index (χ0v) is 16.6. The second-order valence-corrected chi connectivity index (χ2v) is 7.80. The minimum Gasteiger partial charge on any atom is -0.458 e. The van der Waals surface area contributed by atoms with Crippen LogP contribution in [0, 0.1) is 5.92 Å². The number of hydrogen-bond acceptors (Lipinski definition) is 9. The molecule has 4 atom stereocenters. The van der Waals surface area contributed by atoms with E-state index in [2.05, 4.69) is 9.97 Å². The van der Waals surface area contributed by atoms with Crippen molar-refractivity contribution in [2.24, 2.45) is 11.7 Å². The van der Waals surface area contributed by atoms with E-state index in [1.807, 2.05) is 0 Å². The van der Waals surface area contributed by atoms with Crippen LogP contribution in [0.5, 0.6) is 0 Å². The van der Waals surface area contributed by atoms with Crippen LogP contribution in [0.3, 0.4) is 0 Å². The monoisotopic (exact) mass is 431 g/mol. The van der Waals surface area contributed by atoms with Crippen LogP contribution >= 0.6 is 11.6 Å². The Morgan fingerprint density at radius 2 is 2.24 bits per heavy atom. The molecule has 0 saturated carbocycles. The summed E-state index contributed by atoms with van der Waals surface area (Å²) in [6.45, 7) is 1.81. The number of nitrogens with zero attached hydrogens (tertiary/aromatic N) is 3. The molecule has 6 N–H and O–H groups in total. The molecule has 0 unspecified atom stereocenters. The highest BCUT2D eigenvalue weighted by Crippen LogP contribution is 2.45. The maximum Gasteiger partial charge on any atom is 0.323 e. The molecule has 0 spiro atoms. The lowest BCUT2D eigenvalue weighted by Crippen LogP contribution is -2.47. The molecule has 2 aromatic heterocycles. The van der Waals surface area contributed by atoms with Crippen LogP contribution in [-0.4, -0.2) is 61.9 Å². The summed E-state index contributed by atoms with van der Waals surface area (Å²) in [6, 6.07) is -0.931. The Balaban J connectivity index is 1.92. The van der Waals surface area contributed by atoms with Gasteiger partial charge in [0.15, 0.2) is 12.3 Å². The predicted octanol–water partition coefficient (Wildman–Crippen LogP) is 0.286. The minimum atomic E-state index is -2.57. The third-order valence-corrected chi connectivity index (χ3v) is 5.29. The molecule has 12 heteroatoms. The van der Waals surface area contributed by atoms with Crippen LogP contribution in [0.25, 0.3) is 11.0 Å². The van der Waals surface area contributed by atoms with Gasteiger partial charge in [-0.05, 0) is 5.92 Å². The highest BCUT2D eigenvalue weighted by atomic mass is 35.5. The molecule has 29 heavy (non-hydrogen) atoms. The van der Waals surface area contributed by atoms with Gasteiger partial charge in [-0.2, -0.15) is 0 Å². The normalized spacial score (nSPS) is 28.2. The Hall–Kier alpha value is -2.05. The number of alkyl halides is 1. The molecule has 2 aromatic rings. The second-order valence-electron chi connectivity index (χ2n) is 7.39. The molecule has 1 aliphatic rings. The maximum absolute atomic E-state index is 15.3. The van der Waals surface area contributed by atoms with Crippen LogP contribution in [-0.2, 0) is 20.0 Å². The Kier molecular flexibility index (Phi) is 5.71. The van der Waals surface area contributed by atoms with Crippen LogP contribution < -0.4 is 11.5 Å². The van der Waals surface area contributed by atoms with E-state index in [0.717, 1.165) is 6.33 Å². The number of nitrogens with two attached hydrogens (primary N) is 2. The smallest absolute Gasteiger partial charge is 0.323 e. The van der Waals surface area contributed by atoms with Crippen molar-refractivity contribution in [1.29, 1.82) is 0 Å². The van der Waals surface area contributed by atoms with Gasteiger partial charge in [-0.1, -0.05) is 25.4 Å². The molecule has 0 aliphatic carbocycles. The number of ether oxygens (including phenoxy) is 2. The fraction of sp³-hybridized carbons (Fsp3) is 0.588. The number of hydrogen-bond donors (Lipinski definition) is 4. The van der Waals surface area contributed by atoms with Crippen molar-refractivity contribution in [2.45, 2.75) is 44.0 Å². The summed E-state index contributed by atoms with van der Waals surface area (Å²) in [5.41, 5.74) is 9.68. The van der Waals surface area contributed by atoms with Gasteiger partial charge < -0.3 is 31.2 Å². The predicted molar refractivity (Wildman–Crippen MR) is 101 cm³/mol. The summed E-state index contributed by atoms with van der Waals surface area (Å²) >= 11 is 6.19. The van der Waals surface area contributed by atoms with E-state index in [1.54, 1.807) is 13.8 Å². The Labute approximate surface area is 170 Å². The number of halogens is 2. The molecule has 160 valence electrons. The Bertz CT molecular complexity index is 927. The molecular weight excluding hydrogens is 409 g/mol. The lowest BCUT2D eigenvalue weighted by Gasteiger charge is -2.33. The fourth-order valence-electron chi connectivity index (χ4n) is 3.26. The highest BCUT2D eigenvalue weighted by Gasteiger charge is 2.59. The lowest BCUT2D eigenvalue weighted by molar-refractivity contribution is -0.248. The Morgan fingerprint density at radius 1 is 1.55 bits per heavy atom. The zero-order chi connectivity index (χ0) is 21.6. The van der Waals surface area contributed by atoms with E-state index in [4.69, 9.17) is 32.5 Å². The number of fused-ring (bicyclic) bond motifs is 1. The molecule has 3 rings (SSSR count). The molecule has 1 aliphatic heterocycles. The number of aliphatic hydroxyl groups excluding tert-OH is 2. The first-order valence-electron chi connectivity index (χ1n) is 8.92. The minimum absolute atomic E-state index is 0.0717. The van der Waals surface area contributed by atoms with Crippen LogP contribution in [0.2, 0.25) is 5.02 Å². The number of nitrogen functional groups attached to an aromatic ring is 1. The van der Waals surface area contributed by atoms with Crippen molar-refractivity contribution in [1.82, 2.24) is 14.5 Å². The van der Waals surface area contributed by atoms with Gasteiger partial charge in [0.25, 0.3) is 0 Å². The third kappa shape index (κ3) is 3.64. The first-order valence-corrected chi connectivity index (χ1v) is 9.30. The fourth-order valence-corrected chi connectivity index (χ4v) is 3.54. The summed E-state index contributed by atoms with van der Waals surface area (Å²) in [5, 5.41) is 21.0. The van der Waals surface area contributed by atoms with Gasteiger partial charge in [0.1, 0.15) is 29.9 Å². The molecule has 0 bridgehead atoms. The summed E-state index contributed by atoms with van der Waals surface area (Å²) < 4.78 is 26.9. The van der Waals surface area contributed by atoms with E-state index >= 15 is 4.39 Å². The molecule has 3 heterocycles. The van der Waals surface area contributed by atoms with Gasteiger partial charge in [-0.15, -0.1) is 0 Å². The van der Waals surface area contributed by atoms with E-state index in [1.165, 1.54) is 10.8 Å². The van der Waals surface area contributed by atoms with Crippen LogP contribution in [0.4, 0.5) is 10.2 Å². The SMILES string of the molecule is CC(C)[C@H](N)C(=O)OC[C@]1(F)C[C@@H](O)[C@](CO)(n2cc(Cl)c3c(N)ncnc32)O1. The highest BCUT2D eigenvalue weighted by molar-refractivity contribution is 6.36. The maximum atomic E-state index is 15.3. The van der Waals surface area contributed by atoms with Crippen molar-refractivity contribution >= 4 is 34.4 Å². The molecule has 10 nitrogen and oxygen atoms in total. The first-order chi connectivity index (χ1) is 13.5. The van der Waals surface area contributed by atoms with Crippen molar-refractivity contribution in [3.8, 4) is 0 Å². The number of aliphatic hydroxyl groups is 2. The molecular formula is C17H23ClFN5O5. The number of rotatable bonds is 6. The van der Waals surface area contributed by atoms with Crippen LogP contribution in [0.15, 0.2) is 12.5 Å². The van der Waals surface area contributed by atoms with Crippen molar-refractivity contribution in [3.05, 3.63) is 17.5 Å². The van der Waals surface area contributed by atoms with Crippen molar-refractivity contribution in [3.63, 3.8) is 0 Å². The standard InChI is InChI=1S/C17H23ClFN5O5/c1-8(2)12(20)15(27)28-6-16(19)3-10(26)17(5-25,29-16)24-4-9(18)11-13(21)22-7-23-14(11)24/h4,7-8,10,12,25-26H,3,5-6,20H2,1-2H3,(H2,21,22,23)/t10-,12+,16+,17-/m1/s1. The van der Waals surface area contributed by atoms with Gasteiger partial charge in [-0.25, -0.2) is 14.4 Å². The van der Waals surface area contributed by atoms with Gasteiger partial charge in [-0.3, -0.25) is 9.36 Å². The van der Waals surface area contributed by atoms with Gasteiger partial charge >= 0.3 is 5.97 Å². The van der Waals surface area contributed by atoms with E-state index in [9.17, 15) is 15.0 Å². The van der Waals surface area contributed by atoms with E-state index in [0.29, 0.717) is 0 Å². The van der Waals surface area contributed by atoms with Crippen molar-refractivity contribution in [2.75, 3.05) is 18.9 Å². The second kappa shape index (κ2) is 7.65. The Morgan fingerprint density at radius 3 is 2.86 bits per heavy atom. The van der Waals surface area contributed by atoms with Gasteiger partial charge in [0.05, 0.1) is 17.0 Å². The zero-order valence-electron chi connectivity index (χ0n) is 15.9. The van der Waals surface area contributed by atoms with Crippen LogP contribution in [0.1, 0.15) is 20.3 Å². The van der Waals surface area contributed by atoms with Crippen molar-refractivity contribution < 1.29 is 28.9 Å². The first kappa shape index (κ1) is 21.7. The molecule has 0 aromatic carbocycles. The molecule has 0 radical (unpaired) electrons.